The molecule has 0 saturated carbocycles. The molecule has 0 aliphatic carbocycles. The van der Waals surface area contributed by atoms with Gasteiger partial charge in [0.05, 0.1) is 28.2 Å². The molecule has 12 heteroatoms. The summed E-state index contributed by atoms with van der Waals surface area (Å²) in [6, 6.07) is 10.5. The molecule has 34 heavy (non-hydrogen) atoms. The van der Waals surface area contributed by atoms with Crippen LogP contribution in [-0.4, -0.2) is 76.3 Å². The Morgan fingerprint density at radius 3 is 2.44 bits per heavy atom. The van der Waals surface area contributed by atoms with Gasteiger partial charge >= 0.3 is 0 Å². The molecule has 0 unspecified atom stereocenters. The van der Waals surface area contributed by atoms with Crippen molar-refractivity contribution in [2.45, 2.75) is 11.4 Å². The normalized spacial score (nSPS) is 13.6. The topological polar surface area (TPSA) is 91.3 Å². The number of halogens is 3. The molecule has 1 N–H and O–H groups in total. The Balaban J connectivity index is 1.45. The number of hydrogen-bond donors (Lipinski definition) is 1. The number of aliphatic imine (C=N–C) groups is 1. The number of sulfonamides is 1. The first kappa shape index (κ1) is 26.7. The highest BCUT2D eigenvalue weighted by Crippen LogP contribution is 2.35. The minimum absolute atomic E-state index is 0.0231. The standard InChI is InChI=1S/C22H25Cl3N4O4S/c1-28(13-15-3-5-16(6-4-15)22-26-9-10-27-22)19(30)14-33-12-11-29(2)34(31,32)18-8-7-17(23)20(24)21(18)25/h3-8H,9-14H2,1-2H3,(H,26,27). The molecule has 1 amide bonds. The molecule has 0 atom stereocenters. The minimum Gasteiger partial charge on any atom is -0.370 e. The van der Waals surface area contributed by atoms with Crippen LogP contribution in [-0.2, 0) is 26.1 Å². The van der Waals surface area contributed by atoms with Gasteiger partial charge in [-0.1, -0.05) is 59.1 Å². The van der Waals surface area contributed by atoms with E-state index in [2.05, 4.69) is 10.3 Å². The summed E-state index contributed by atoms with van der Waals surface area (Å²) < 4.78 is 32.0. The first-order valence-electron chi connectivity index (χ1n) is 10.4. The van der Waals surface area contributed by atoms with E-state index in [0.29, 0.717) is 6.54 Å². The zero-order valence-corrected chi connectivity index (χ0v) is 21.8. The van der Waals surface area contributed by atoms with Gasteiger partial charge in [-0.2, -0.15) is 4.31 Å². The molecule has 0 saturated heterocycles. The SMILES string of the molecule is CN(Cc1ccc(C2=NCCN2)cc1)C(=O)COCCN(C)S(=O)(=O)c1ccc(Cl)c(Cl)c1Cl. The Kier molecular flexibility index (Phi) is 9.20. The number of likely N-dealkylation sites (N-methyl/N-ethyl adjacent to an activating group) is 2. The molecular weight excluding hydrogens is 523 g/mol. The molecule has 0 bridgehead atoms. The molecule has 0 radical (unpaired) electrons. The molecule has 1 heterocycles. The smallest absolute Gasteiger partial charge is 0.248 e. The Labute approximate surface area is 214 Å². The summed E-state index contributed by atoms with van der Waals surface area (Å²) in [5.41, 5.74) is 1.99. The zero-order valence-electron chi connectivity index (χ0n) is 18.7. The van der Waals surface area contributed by atoms with Crippen molar-refractivity contribution in [1.82, 2.24) is 14.5 Å². The summed E-state index contributed by atoms with van der Waals surface area (Å²) in [5, 5.41) is 3.22. The first-order chi connectivity index (χ1) is 16.1. The maximum Gasteiger partial charge on any atom is 0.248 e. The van der Waals surface area contributed by atoms with Gasteiger partial charge < -0.3 is 15.0 Å². The highest BCUT2D eigenvalue weighted by molar-refractivity contribution is 7.89. The van der Waals surface area contributed by atoms with E-state index in [1.807, 2.05) is 24.3 Å². The molecule has 1 aliphatic heterocycles. The number of rotatable bonds is 10. The van der Waals surface area contributed by atoms with Crippen molar-refractivity contribution < 1.29 is 17.9 Å². The maximum absolute atomic E-state index is 12.8. The van der Waals surface area contributed by atoms with Crippen LogP contribution in [0.2, 0.25) is 15.1 Å². The van der Waals surface area contributed by atoms with E-state index < -0.39 is 10.0 Å². The average molecular weight is 548 g/mol. The van der Waals surface area contributed by atoms with E-state index >= 15 is 0 Å². The van der Waals surface area contributed by atoms with Crippen LogP contribution in [0.1, 0.15) is 11.1 Å². The second kappa shape index (κ2) is 11.7. The third-order valence-electron chi connectivity index (χ3n) is 5.21. The summed E-state index contributed by atoms with van der Waals surface area (Å²) in [7, 11) is -0.830. The van der Waals surface area contributed by atoms with Gasteiger partial charge in [0.2, 0.25) is 15.9 Å². The fourth-order valence-corrected chi connectivity index (χ4v) is 5.28. The Morgan fingerprint density at radius 1 is 1.09 bits per heavy atom. The van der Waals surface area contributed by atoms with Crippen molar-refractivity contribution in [3.8, 4) is 0 Å². The quantitative estimate of drug-likeness (QED) is 0.364. The number of hydrogen-bond acceptors (Lipinski definition) is 6. The first-order valence-corrected chi connectivity index (χ1v) is 13.0. The number of amides is 1. The van der Waals surface area contributed by atoms with Crippen LogP contribution >= 0.6 is 34.8 Å². The predicted octanol–water partition coefficient (Wildman–Crippen LogP) is 3.29. The summed E-state index contributed by atoms with van der Waals surface area (Å²) in [6.07, 6.45) is 0. The number of benzene rings is 2. The predicted molar refractivity (Wildman–Crippen MR) is 134 cm³/mol. The lowest BCUT2D eigenvalue weighted by Crippen LogP contribution is -2.33. The van der Waals surface area contributed by atoms with Gasteiger partial charge in [-0.25, -0.2) is 8.42 Å². The van der Waals surface area contributed by atoms with Gasteiger partial charge in [-0.3, -0.25) is 9.79 Å². The van der Waals surface area contributed by atoms with E-state index in [0.717, 1.165) is 34.4 Å². The molecule has 1 aliphatic rings. The van der Waals surface area contributed by atoms with Crippen molar-refractivity contribution in [2.24, 2.45) is 4.99 Å². The van der Waals surface area contributed by atoms with E-state index in [1.165, 1.54) is 19.2 Å². The summed E-state index contributed by atoms with van der Waals surface area (Å²) in [4.78, 5) is 18.2. The molecule has 0 spiro atoms. The third-order valence-corrected chi connectivity index (χ3v) is 8.52. The van der Waals surface area contributed by atoms with Crippen LogP contribution in [0.25, 0.3) is 0 Å². The van der Waals surface area contributed by atoms with Gasteiger partial charge in [0.15, 0.2) is 0 Å². The van der Waals surface area contributed by atoms with Crippen LogP contribution < -0.4 is 5.32 Å². The van der Waals surface area contributed by atoms with Crippen molar-refractivity contribution >= 4 is 56.6 Å². The van der Waals surface area contributed by atoms with Gasteiger partial charge in [0.1, 0.15) is 17.3 Å². The van der Waals surface area contributed by atoms with E-state index in [1.54, 1.807) is 11.9 Å². The lowest BCUT2D eigenvalue weighted by Gasteiger charge is -2.20. The van der Waals surface area contributed by atoms with Crippen molar-refractivity contribution in [3.63, 3.8) is 0 Å². The van der Waals surface area contributed by atoms with Crippen LogP contribution in [0, 0.1) is 0 Å². The van der Waals surface area contributed by atoms with Gasteiger partial charge in [0.25, 0.3) is 0 Å². The molecule has 184 valence electrons. The van der Waals surface area contributed by atoms with Gasteiger partial charge in [-0.05, 0) is 17.7 Å². The number of amidine groups is 1. The Bertz CT molecular complexity index is 1170. The van der Waals surface area contributed by atoms with Crippen molar-refractivity contribution in [1.29, 1.82) is 0 Å². The summed E-state index contributed by atoms with van der Waals surface area (Å²) in [6.45, 7) is 1.93. The Hall–Kier alpha value is -1.88. The van der Waals surface area contributed by atoms with Crippen LogP contribution in [0.15, 0.2) is 46.3 Å². The number of carbonyl (C=O) groups is 1. The number of carbonyl (C=O) groups excluding carboxylic acids is 1. The Morgan fingerprint density at radius 2 is 1.79 bits per heavy atom. The third kappa shape index (κ3) is 6.41. The fraction of sp³-hybridized carbons (Fsp3) is 0.364. The molecule has 2 aromatic carbocycles. The van der Waals surface area contributed by atoms with Crippen LogP contribution in [0.5, 0.6) is 0 Å². The monoisotopic (exact) mass is 546 g/mol. The lowest BCUT2D eigenvalue weighted by atomic mass is 10.1. The number of nitrogens with zero attached hydrogens (tertiary/aromatic N) is 3. The summed E-state index contributed by atoms with van der Waals surface area (Å²) in [5.74, 6) is 0.668. The second-order valence-electron chi connectivity index (χ2n) is 7.66. The number of nitrogens with one attached hydrogen (secondary N) is 1. The van der Waals surface area contributed by atoms with Crippen LogP contribution in [0.3, 0.4) is 0 Å². The van der Waals surface area contributed by atoms with Gasteiger partial charge in [0, 0.05) is 39.3 Å². The molecule has 2 aromatic rings. The van der Waals surface area contributed by atoms with E-state index in [-0.39, 0.29) is 45.6 Å². The van der Waals surface area contributed by atoms with Gasteiger partial charge in [-0.15, -0.1) is 0 Å². The van der Waals surface area contributed by atoms with Crippen molar-refractivity contribution in [2.75, 3.05) is 46.9 Å². The fourth-order valence-electron chi connectivity index (χ4n) is 3.18. The molecule has 0 aromatic heterocycles. The average Bonchev–Trinajstić information content (AvgIpc) is 3.35. The van der Waals surface area contributed by atoms with Crippen molar-refractivity contribution in [3.05, 3.63) is 62.6 Å². The second-order valence-corrected chi connectivity index (χ2v) is 10.8. The molecule has 8 nitrogen and oxygen atoms in total. The van der Waals surface area contributed by atoms with Crippen LogP contribution in [0.4, 0.5) is 0 Å². The largest absolute Gasteiger partial charge is 0.370 e. The minimum atomic E-state index is -3.91. The molecular formula is C22H25Cl3N4O4S. The highest BCUT2D eigenvalue weighted by atomic mass is 35.5. The zero-order chi connectivity index (χ0) is 24.9. The van der Waals surface area contributed by atoms with E-state index in [9.17, 15) is 13.2 Å². The summed E-state index contributed by atoms with van der Waals surface area (Å²) >= 11 is 17.9. The highest BCUT2D eigenvalue weighted by Gasteiger charge is 2.25. The van der Waals surface area contributed by atoms with E-state index in [4.69, 9.17) is 39.5 Å². The maximum atomic E-state index is 12.8. The number of ether oxygens (including phenoxy) is 1. The molecule has 0 fully saturated rings. The molecule has 3 rings (SSSR count). The lowest BCUT2D eigenvalue weighted by molar-refractivity contribution is -0.135.